The molecule has 0 aliphatic carbocycles. The Bertz CT molecular complexity index is 373. The number of hydrogen-bond acceptors (Lipinski definition) is 3. The molecule has 4 heteroatoms. The number of carbonyl (C=O) groups excluding carboxylic acids is 1. The lowest BCUT2D eigenvalue weighted by Gasteiger charge is -2.24. The maximum Gasteiger partial charge on any atom is 0.238 e. The van der Waals surface area contributed by atoms with Gasteiger partial charge in [0.15, 0.2) is 0 Å². The smallest absolute Gasteiger partial charge is 0.238 e. The van der Waals surface area contributed by atoms with E-state index in [1.807, 2.05) is 12.1 Å². The van der Waals surface area contributed by atoms with Crippen LogP contribution < -0.4 is 11.3 Å². The van der Waals surface area contributed by atoms with Crippen molar-refractivity contribution in [2.75, 3.05) is 6.54 Å². The zero-order valence-corrected chi connectivity index (χ0v) is 11.4. The van der Waals surface area contributed by atoms with Gasteiger partial charge in [0, 0.05) is 12.6 Å². The first-order valence-electron chi connectivity index (χ1n) is 6.38. The molecule has 1 aromatic carbocycles. The monoisotopic (exact) mass is 249 g/mol. The van der Waals surface area contributed by atoms with Crippen LogP contribution in [0.25, 0.3) is 0 Å². The summed E-state index contributed by atoms with van der Waals surface area (Å²) in [4.78, 5) is 13.5. The number of carbonyl (C=O) groups is 1. The van der Waals surface area contributed by atoms with Gasteiger partial charge in [-0.25, -0.2) is 5.84 Å². The Morgan fingerprint density at radius 2 is 1.83 bits per heavy atom. The fourth-order valence-electron chi connectivity index (χ4n) is 1.89. The molecule has 100 valence electrons. The van der Waals surface area contributed by atoms with Crippen LogP contribution in [0, 0.1) is 0 Å². The predicted molar refractivity (Wildman–Crippen MR) is 73.7 cm³/mol. The minimum absolute atomic E-state index is 0.167. The number of nitrogens with one attached hydrogen (secondary N) is 1. The Hall–Kier alpha value is -1.39. The third-order valence-electron chi connectivity index (χ3n) is 3.07. The van der Waals surface area contributed by atoms with Crippen LogP contribution in [0.2, 0.25) is 0 Å². The van der Waals surface area contributed by atoms with Crippen LogP contribution >= 0.6 is 0 Å². The molecule has 0 radical (unpaired) electrons. The molecule has 0 heterocycles. The van der Waals surface area contributed by atoms with Crippen LogP contribution in [0.15, 0.2) is 24.3 Å². The SMILES string of the molecule is CCN(Cc1ccc(CC(=O)NN)cc1)C(C)C. The summed E-state index contributed by atoms with van der Waals surface area (Å²) in [6.07, 6.45) is 0.332. The summed E-state index contributed by atoms with van der Waals surface area (Å²) in [5, 5.41) is 0. The number of nitrogens with zero attached hydrogens (tertiary/aromatic N) is 1. The minimum atomic E-state index is -0.167. The van der Waals surface area contributed by atoms with Gasteiger partial charge in [0.05, 0.1) is 6.42 Å². The van der Waals surface area contributed by atoms with E-state index in [0.29, 0.717) is 12.5 Å². The van der Waals surface area contributed by atoms with E-state index in [2.05, 4.69) is 43.2 Å². The fraction of sp³-hybridized carbons (Fsp3) is 0.500. The van der Waals surface area contributed by atoms with Gasteiger partial charge in [-0.05, 0) is 31.5 Å². The molecule has 3 N–H and O–H groups in total. The number of hydrazine groups is 1. The highest BCUT2D eigenvalue weighted by atomic mass is 16.2. The lowest BCUT2D eigenvalue weighted by atomic mass is 10.1. The van der Waals surface area contributed by atoms with Crippen molar-refractivity contribution >= 4 is 5.91 Å². The second-order valence-electron chi connectivity index (χ2n) is 4.72. The van der Waals surface area contributed by atoms with Gasteiger partial charge < -0.3 is 0 Å². The lowest BCUT2D eigenvalue weighted by molar-refractivity contribution is -0.120. The molecule has 0 atom stereocenters. The Kier molecular flexibility index (Phi) is 5.82. The van der Waals surface area contributed by atoms with Crippen LogP contribution in [0.5, 0.6) is 0 Å². The Morgan fingerprint density at radius 1 is 1.28 bits per heavy atom. The molecule has 1 aromatic rings. The zero-order valence-electron chi connectivity index (χ0n) is 11.4. The Balaban J connectivity index is 2.62. The van der Waals surface area contributed by atoms with Crippen LogP contribution in [-0.2, 0) is 17.8 Å². The van der Waals surface area contributed by atoms with E-state index < -0.39 is 0 Å². The number of benzene rings is 1. The third-order valence-corrected chi connectivity index (χ3v) is 3.07. The highest BCUT2D eigenvalue weighted by Crippen LogP contribution is 2.10. The number of nitrogens with two attached hydrogens (primary N) is 1. The van der Waals surface area contributed by atoms with Gasteiger partial charge in [0.25, 0.3) is 0 Å². The maximum atomic E-state index is 11.1. The van der Waals surface area contributed by atoms with Gasteiger partial charge in [-0.2, -0.15) is 0 Å². The first-order valence-corrected chi connectivity index (χ1v) is 6.38. The molecule has 0 spiro atoms. The van der Waals surface area contributed by atoms with Gasteiger partial charge in [-0.15, -0.1) is 0 Å². The average Bonchev–Trinajstić information content (AvgIpc) is 2.37. The molecular weight excluding hydrogens is 226 g/mol. The van der Waals surface area contributed by atoms with Gasteiger partial charge in [-0.1, -0.05) is 31.2 Å². The summed E-state index contributed by atoms with van der Waals surface area (Å²) in [6.45, 7) is 8.54. The standard InChI is InChI=1S/C14H23N3O/c1-4-17(11(2)3)10-13-7-5-12(6-8-13)9-14(18)16-15/h5-8,11H,4,9-10,15H2,1-3H3,(H,16,18). The lowest BCUT2D eigenvalue weighted by Crippen LogP contribution is -2.31. The van der Waals surface area contributed by atoms with Crippen LogP contribution in [0.4, 0.5) is 0 Å². The Labute approximate surface area is 109 Å². The normalized spacial score (nSPS) is 11.0. The first kappa shape index (κ1) is 14.7. The summed E-state index contributed by atoms with van der Waals surface area (Å²) in [5.74, 6) is 4.89. The molecule has 0 unspecified atom stereocenters. The molecule has 0 aliphatic rings. The van der Waals surface area contributed by atoms with E-state index in [1.54, 1.807) is 0 Å². The van der Waals surface area contributed by atoms with Crippen molar-refractivity contribution in [1.82, 2.24) is 10.3 Å². The highest BCUT2D eigenvalue weighted by Gasteiger charge is 2.08. The van der Waals surface area contributed by atoms with Crippen LogP contribution in [0.1, 0.15) is 31.9 Å². The second-order valence-corrected chi connectivity index (χ2v) is 4.72. The Morgan fingerprint density at radius 3 is 2.28 bits per heavy atom. The van der Waals surface area contributed by atoms with Crippen molar-refractivity contribution in [3.63, 3.8) is 0 Å². The zero-order chi connectivity index (χ0) is 13.5. The van der Waals surface area contributed by atoms with Crippen molar-refractivity contribution < 1.29 is 4.79 Å². The average molecular weight is 249 g/mol. The maximum absolute atomic E-state index is 11.1. The molecule has 0 saturated heterocycles. The summed E-state index contributed by atoms with van der Waals surface area (Å²) in [7, 11) is 0. The van der Waals surface area contributed by atoms with E-state index in [4.69, 9.17) is 5.84 Å². The summed E-state index contributed by atoms with van der Waals surface area (Å²) in [5.41, 5.74) is 4.38. The van der Waals surface area contributed by atoms with E-state index >= 15 is 0 Å². The first-order chi connectivity index (χ1) is 8.56. The molecule has 0 saturated carbocycles. The molecule has 0 bridgehead atoms. The van der Waals surface area contributed by atoms with Crippen molar-refractivity contribution in [3.05, 3.63) is 35.4 Å². The van der Waals surface area contributed by atoms with E-state index in [0.717, 1.165) is 18.7 Å². The third kappa shape index (κ3) is 4.47. The van der Waals surface area contributed by atoms with Crippen molar-refractivity contribution in [1.29, 1.82) is 0 Å². The minimum Gasteiger partial charge on any atom is -0.297 e. The van der Waals surface area contributed by atoms with Gasteiger partial charge in [0.2, 0.25) is 5.91 Å². The molecule has 4 nitrogen and oxygen atoms in total. The predicted octanol–water partition coefficient (Wildman–Crippen LogP) is 1.45. The van der Waals surface area contributed by atoms with E-state index in [1.165, 1.54) is 5.56 Å². The molecule has 1 amide bonds. The largest absolute Gasteiger partial charge is 0.297 e. The van der Waals surface area contributed by atoms with Gasteiger partial charge >= 0.3 is 0 Å². The van der Waals surface area contributed by atoms with Gasteiger partial charge in [0.1, 0.15) is 0 Å². The summed E-state index contributed by atoms with van der Waals surface area (Å²) in [6, 6.07) is 8.66. The quantitative estimate of drug-likeness (QED) is 0.456. The number of hydrogen-bond donors (Lipinski definition) is 2. The molecular formula is C14H23N3O. The topological polar surface area (TPSA) is 58.4 Å². The molecule has 18 heavy (non-hydrogen) atoms. The van der Waals surface area contributed by atoms with Crippen molar-refractivity contribution in [2.24, 2.45) is 5.84 Å². The van der Waals surface area contributed by atoms with Crippen LogP contribution in [0.3, 0.4) is 0 Å². The summed E-state index contributed by atoms with van der Waals surface area (Å²) < 4.78 is 0. The van der Waals surface area contributed by atoms with Crippen molar-refractivity contribution in [2.45, 2.75) is 39.8 Å². The fourth-order valence-corrected chi connectivity index (χ4v) is 1.89. The van der Waals surface area contributed by atoms with E-state index in [9.17, 15) is 4.79 Å². The van der Waals surface area contributed by atoms with Crippen molar-refractivity contribution in [3.8, 4) is 0 Å². The van der Waals surface area contributed by atoms with E-state index in [-0.39, 0.29) is 5.91 Å². The number of rotatable bonds is 6. The molecule has 0 fully saturated rings. The highest BCUT2D eigenvalue weighted by molar-refractivity contribution is 5.77. The molecule has 0 aliphatic heterocycles. The second kappa shape index (κ2) is 7.13. The van der Waals surface area contributed by atoms with Gasteiger partial charge in [-0.3, -0.25) is 15.1 Å². The summed E-state index contributed by atoms with van der Waals surface area (Å²) >= 11 is 0. The number of amides is 1. The molecule has 0 aromatic heterocycles. The van der Waals surface area contributed by atoms with Crippen LogP contribution in [-0.4, -0.2) is 23.4 Å². The molecule has 1 rings (SSSR count).